The third-order valence-electron chi connectivity index (χ3n) is 5.12. The number of rotatable bonds is 4. The number of aryl methyl sites for hydroxylation is 3. The Morgan fingerprint density at radius 3 is 2.56 bits per heavy atom. The van der Waals surface area contributed by atoms with Crippen molar-refractivity contribution in [2.24, 2.45) is 0 Å². The number of carbonyl (C=O) groups is 1. The molecule has 0 bridgehead atoms. The van der Waals surface area contributed by atoms with E-state index < -0.39 is 0 Å². The van der Waals surface area contributed by atoms with Crippen LogP contribution in [0.15, 0.2) is 40.9 Å². The Labute approximate surface area is 158 Å². The molecule has 0 saturated carbocycles. The van der Waals surface area contributed by atoms with Crippen LogP contribution in [0.4, 0.5) is 0 Å². The van der Waals surface area contributed by atoms with E-state index in [1.54, 1.807) is 0 Å². The fourth-order valence-electron chi connectivity index (χ4n) is 3.77. The van der Waals surface area contributed by atoms with Crippen LogP contribution in [0.2, 0.25) is 0 Å². The van der Waals surface area contributed by atoms with Gasteiger partial charge in [-0.3, -0.25) is 9.48 Å². The first-order valence-corrected chi connectivity index (χ1v) is 9.35. The van der Waals surface area contributed by atoms with E-state index in [0.29, 0.717) is 12.1 Å². The fourth-order valence-corrected chi connectivity index (χ4v) is 3.77. The highest BCUT2D eigenvalue weighted by Crippen LogP contribution is 2.33. The van der Waals surface area contributed by atoms with Gasteiger partial charge in [-0.1, -0.05) is 17.3 Å². The second-order valence-corrected chi connectivity index (χ2v) is 7.31. The molecule has 1 aliphatic heterocycles. The summed E-state index contributed by atoms with van der Waals surface area (Å²) in [5.74, 6) is 0.823. The van der Waals surface area contributed by atoms with Crippen LogP contribution < -0.4 is 0 Å². The van der Waals surface area contributed by atoms with Crippen molar-refractivity contribution in [1.29, 1.82) is 0 Å². The van der Waals surface area contributed by atoms with Crippen molar-refractivity contribution in [3.05, 3.63) is 70.4 Å². The lowest BCUT2D eigenvalue weighted by Gasteiger charge is -2.22. The fraction of sp³-hybridized carbons (Fsp3) is 0.381. The molecule has 1 saturated heterocycles. The van der Waals surface area contributed by atoms with E-state index in [1.807, 2.05) is 53.8 Å². The summed E-state index contributed by atoms with van der Waals surface area (Å²) in [6.07, 6.45) is 1.89. The van der Waals surface area contributed by atoms with E-state index >= 15 is 0 Å². The standard InChI is InChI=1S/C21H24N4O2/c1-14-11-16(3)25(22-14)13-17-6-8-18(9-7-17)21(26)24-10-4-5-19(24)20-12-15(2)23-27-20/h6-9,11-12,19H,4-5,10,13H2,1-3H3. The molecule has 3 heterocycles. The lowest BCUT2D eigenvalue weighted by atomic mass is 10.1. The molecule has 0 spiro atoms. The molecule has 3 aromatic rings. The largest absolute Gasteiger partial charge is 0.359 e. The summed E-state index contributed by atoms with van der Waals surface area (Å²) in [5, 5.41) is 8.46. The maximum atomic E-state index is 13.0. The minimum atomic E-state index is -0.0203. The van der Waals surface area contributed by atoms with E-state index in [9.17, 15) is 4.79 Å². The molecule has 0 aliphatic carbocycles. The number of carbonyl (C=O) groups excluding carboxylic acids is 1. The summed E-state index contributed by atoms with van der Waals surface area (Å²) in [4.78, 5) is 14.9. The van der Waals surface area contributed by atoms with E-state index in [4.69, 9.17) is 4.52 Å². The van der Waals surface area contributed by atoms with Crippen LogP contribution in [0.25, 0.3) is 0 Å². The summed E-state index contributed by atoms with van der Waals surface area (Å²) in [6, 6.07) is 11.8. The third-order valence-corrected chi connectivity index (χ3v) is 5.12. The predicted octanol–water partition coefficient (Wildman–Crippen LogP) is 3.82. The molecule has 2 aromatic heterocycles. The average molecular weight is 364 g/mol. The molecule has 1 fully saturated rings. The SMILES string of the molecule is Cc1cc(C2CCCN2C(=O)c2ccc(Cn3nc(C)cc3C)cc2)on1. The Morgan fingerprint density at radius 2 is 1.93 bits per heavy atom. The Kier molecular flexibility index (Phi) is 4.56. The van der Waals surface area contributed by atoms with E-state index in [1.165, 1.54) is 0 Å². The van der Waals surface area contributed by atoms with Crippen molar-refractivity contribution in [3.63, 3.8) is 0 Å². The first-order chi connectivity index (χ1) is 13.0. The normalized spacial score (nSPS) is 16.9. The predicted molar refractivity (Wildman–Crippen MR) is 101 cm³/mol. The number of amides is 1. The van der Waals surface area contributed by atoms with Crippen LogP contribution in [-0.2, 0) is 6.54 Å². The van der Waals surface area contributed by atoms with E-state index in [-0.39, 0.29) is 11.9 Å². The van der Waals surface area contributed by atoms with Gasteiger partial charge in [-0.2, -0.15) is 5.10 Å². The molecule has 27 heavy (non-hydrogen) atoms. The monoisotopic (exact) mass is 364 g/mol. The summed E-state index contributed by atoms with van der Waals surface area (Å²) in [6.45, 7) is 7.40. The quantitative estimate of drug-likeness (QED) is 0.706. The molecule has 1 unspecified atom stereocenters. The first-order valence-electron chi connectivity index (χ1n) is 9.35. The Balaban J connectivity index is 1.49. The number of nitrogens with zero attached hydrogens (tertiary/aromatic N) is 4. The van der Waals surface area contributed by atoms with Crippen LogP contribution in [-0.4, -0.2) is 32.3 Å². The van der Waals surface area contributed by atoms with Gasteiger partial charge in [0.15, 0.2) is 5.76 Å². The summed E-state index contributed by atoms with van der Waals surface area (Å²) in [5.41, 5.74) is 4.83. The molecule has 6 nitrogen and oxygen atoms in total. The topological polar surface area (TPSA) is 64.2 Å². The lowest BCUT2D eigenvalue weighted by molar-refractivity contribution is 0.0714. The van der Waals surface area contributed by atoms with Crippen LogP contribution >= 0.6 is 0 Å². The van der Waals surface area contributed by atoms with Crippen LogP contribution in [0.1, 0.15) is 57.6 Å². The highest BCUT2D eigenvalue weighted by molar-refractivity contribution is 5.94. The van der Waals surface area contributed by atoms with Gasteiger partial charge in [0.05, 0.1) is 24.0 Å². The van der Waals surface area contributed by atoms with Gasteiger partial charge < -0.3 is 9.42 Å². The Morgan fingerprint density at radius 1 is 1.15 bits per heavy atom. The van der Waals surface area contributed by atoms with Crippen molar-refractivity contribution in [3.8, 4) is 0 Å². The minimum absolute atomic E-state index is 0.0203. The average Bonchev–Trinajstić information content (AvgIpc) is 3.35. The molecule has 140 valence electrons. The van der Waals surface area contributed by atoms with Crippen molar-refractivity contribution in [2.45, 2.75) is 46.2 Å². The molecule has 1 atom stereocenters. The van der Waals surface area contributed by atoms with Crippen molar-refractivity contribution < 1.29 is 9.32 Å². The van der Waals surface area contributed by atoms with Crippen molar-refractivity contribution in [1.82, 2.24) is 19.8 Å². The molecular formula is C21H24N4O2. The van der Waals surface area contributed by atoms with Gasteiger partial charge in [0.25, 0.3) is 5.91 Å². The Hall–Kier alpha value is -2.89. The smallest absolute Gasteiger partial charge is 0.254 e. The summed E-state index contributed by atoms with van der Waals surface area (Å²) >= 11 is 0. The number of aromatic nitrogens is 3. The number of likely N-dealkylation sites (tertiary alicyclic amines) is 1. The number of hydrogen-bond acceptors (Lipinski definition) is 4. The molecule has 1 aliphatic rings. The Bertz CT molecular complexity index is 955. The first kappa shape index (κ1) is 17.5. The van der Waals surface area contributed by atoms with E-state index in [0.717, 1.165) is 47.8 Å². The van der Waals surface area contributed by atoms with Gasteiger partial charge in [-0.05, 0) is 57.4 Å². The molecule has 1 aromatic carbocycles. The molecular weight excluding hydrogens is 340 g/mol. The van der Waals surface area contributed by atoms with Crippen LogP contribution in [0, 0.1) is 20.8 Å². The molecule has 0 N–H and O–H groups in total. The molecule has 1 amide bonds. The van der Waals surface area contributed by atoms with E-state index in [2.05, 4.69) is 23.2 Å². The van der Waals surface area contributed by atoms with Gasteiger partial charge in [0.1, 0.15) is 0 Å². The maximum absolute atomic E-state index is 13.0. The van der Waals surface area contributed by atoms with Gasteiger partial charge in [0, 0.05) is 23.9 Å². The molecule has 6 heteroatoms. The number of benzene rings is 1. The van der Waals surface area contributed by atoms with Gasteiger partial charge >= 0.3 is 0 Å². The molecule has 0 radical (unpaired) electrons. The zero-order valence-corrected chi connectivity index (χ0v) is 16.0. The lowest BCUT2D eigenvalue weighted by Crippen LogP contribution is -2.30. The van der Waals surface area contributed by atoms with Crippen LogP contribution in [0.5, 0.6) is 0 Å². The van der Waals surface area contributed by atoms with Crippen molar-refractivity contribution in [2.75, 3.05) is 6.54 Å². The second-order valence-electron chi connectivity index (χ2n) is 7.31. The minimum Gasteiger partial charge on any atom is -0.359 e. The highest BCUT2D eigenvalue weighted by atomic mass is 16.5. The van der Waals surface area contributed by atoms with Gasteiger partial charge in [-0.25, -0.2) is 0 Å². The van der Waals surface area contributed by atoms with Crippen LogP contribution in [0.3, 0.4) is 0 Å². The zero-order chi connectivity index (χ0) is 19.0. The highest BCUT2D eigenvalue weighted by Gasteiger charge is 2.33. The van der Waals surface area contributed by atoms with Crippen molar-refractivity contribution >= 4 is 5.91 Å². The summed E-state index contributed by atoms with van der Waals surface area (Å²) < 4.78 is 7.39. The van der Waals surface area contributed by atoms with Gasteiger partial charge in [0.2, 0.25) is 0 Å². The third kappa shape index (κ3) is 3.52. The molecule has 4 rings (SSSR count). The maximum Gasteiger partial charge on any atom is 0.254 e. The zero-order valence-electron chi connectivity index (χ0n) is 16.0. The second kappa shape index (κ2) is 7.02. The number of hydrogen-bond donors (Lipinski definition) is 0. The summed E-state index contributed by atoms with van der Waals surface area (Å²) in [7, 11) is 0. The van der Waals surface area contributed by atoms with Gasteiger partial charge in [-0.15, -0.1) is 0 Å².